The van der Waals surface area contributed by atoms with Crippen LogP contribution >= 0.6 is 0 Å². The topological polar surface area (TPSA) is 96.4 Å². The summed E-state index contributed by atoms with van der Waals surface area (Å²) in [4.78, 5) is 32.2. The van der Waals surface area contributed by atoms with Crippen LogP contribution in [-0.2, 0) is 21.1 Å². The zero-order chi connectivity index (χ0) is 26.7. The van der Waals surface area contributed by atoms with Gasteiger partial charge in [0, 0.05) is 36.6 Å². The maximum Gasteiger partial charge on any atom is 0.257 e. The van der Waals surface area contributed by atoms with Crippen molar-refractivity contribution < 1.29 is 18.0 Å². The third-order valence-corrected chi connectivity index (χ3v) is 8.20. The fourth-order valence-corrected chi connectivity index (χ4v) is 5.56. The molecule has 38 heavy (non-hydrogen) atoms. The zero-order valence-corrected chi connectivity index (χ0v) is 21.9. The van der Waals surface area contributed by atoms with Crippen molar-refractivity contribution in [2.75, 3.05) is 24.7 Å². The van der Waals surface area contributed by atoms with Gasteiger partial charge in [0.25, 0.3) is 5.91 Å². The Morgan fingerprint density at radius 1 is 0.921 bits per heavy atom. The first-order chi connectivity index (χ1) is 18.3. The lowest BCUT2D eigenvalue weighted by Gasteiger charge is -2.32. The number of hydrogen-bond donors (Lipinski definition) is 1. The number of anilines is 1. The van der Waals surface area contributed by atoms with Crippen LogP contribution in [0.15, 0.2) is 90.0 Å². The van der Waals surface area contributed by atoms with E-state index < -0.39 is 9.84 Å². The van der Waals surface area contributed by atoms with Crippen molar-refractivity contribution in [1.29, 1.82) is 0 Å². The molecule has 2 amide bonds. The summed E-state index contributed by atoms with van der Waals surface area (Å²) in [6.07, 6.45) is 4.85. The van der Waals surface area contributed by atoms with Crippen molar-refractivity contribution in [2.45, 2.75) is 30.1 Å². The molecule has 0 spiro atoms. The van der Waals surface area contributed by atoms with E-state index in [2.05, 4.69) is 10.3 Å². The van der Waals surface area contributed by atoms with Crippen molar-refractivity contribution in [3.8, 4) is 0 Å². The number of likely N-dealkylation sites (tertiary alicyclic amines) is 1. The first-order valence-electron chi connectivity index (χ1n) is 12.6. The van der Waals surface area contributed by atoms with Gasteiger partial charge < -0.3 is 10.2 Å². The van der Waals surface area contributed by atoms with Crippen molar-refractivity contribution >= 4 is 38.2 Å². The van der Waals surface area contributed by atoms with Crippen LogP contribution in [0, 0.1) is 0 Å². The third kappa shape index (κ3) is 5.75. The van der Waals surface area contributed by atoms with Gasteiger partial charge in [-0.1, -0.05) is 42.5 Å². The lowest BCUT2D eigenvalue weighted by atomic mass is 9.89. The number of pyridine rings is 1. The molecule has 5 rings (SSSR count). The van der Waals surface area contributed by atoms with E-state index in [0.717, 1.165) is 29.5 Å². The molecule has 1 aromatic heterocycles. The molecule has 0 saturated carbocycles. The third-order valence-electron chi connectivity index (χ3n) is 7.07. The van der Waals surface area contributed by atoms with E-state index in [-0.39, 0.29) is 23.1 Å². The molecule has 1 aliphatic rings. The van der Waals surface area contributed by atoms with Gasteiger partial charge in [0.05, 0.1) is 22.4 Å². The van der Waals surface area contributed by atoms with Gasteiger partial charge in [0.2, 0.25) is 5.91 Å². The van der Waals surface area contributed by atoms with Gasteiger partial charge in [0.1, 0.15) is 0 Å². The molecule has 4 aromatic rings. The average Bonchev–Trinajstić information content (AvgIpc) is 2.93. The number of hydrogen-bond acceptors (Lipinski definition) is 5. The van der Waals surface area contributed by atoms with Crippen LogP contribution < -0.4 is 5.32 Å². The highest BCUT2D eigenvalue weighted by atomic mass is 32.2. The minimum absolute atomic E-state index is 0.0524. The molecule has 7 nitrogen and oxygen atoms in total. The second-order valence-electron chi connectivity index (χ2n) is 9.70. The molecular weight excluding hydrogens is 498 g/mol. The van der Waals surface area contributed by atoms with Gasteiger partial charge in [-0.15, -0.1) is 0 Å². The molecular formula is C30H29N3O4S. The van der Waals surface area contributed by atoms with Gasteiger partial charge in [-0.3, -0.25) is 14.6 Å². The Morgan fingerprint density at radius 2 is 1.61 bits per heavy atom. The number of piperidine rings is 1. The Labute approximate surface area is 222 Å². The zero-order valence-electron chi connectivity index (χ0n) is 21.1. The number of carbonyl (C=O) groups excluding carboxylic acids is 2. The van der Waals surface area contributed by atoms with E-state index in [1.165, 1.54) is 11.8 Å². The van der Waals surface area contributed by atoms with Gasteiger partial charge >= 0.3 is 0 Å². The summed E-state index contributed by atoms with van der Waals surface area (Å²) in [5, 5.41) is 3.89. The molecule has 1 fully saturated rings. The Morgan fingerprint density at radius 3 is 2.29 bits per heavy atom. The maximum atomic E-state index is 12.9. The summed E-state index contributed by atoms with van der Waals surface area (Å²) in [5.74, 6) is 0.205. The molecule has 1 N–H and O–H groups in total. The van der Waals surface area contributed by atoms with E-state index in [0.29, 0.717) is 30.1 Å². The summed E-state index contributed by atoms with van der Waals surface area (Å²) in [7, 11) is -3.25. The van der Waals surface area contributed by atoms with E-state index in [1.54, 1.807) is 36.5 Å². The van der Waals surface area contributed by atoms with Gasteiger partial charge in [0.15, 0.2) is 9.84 Å². The summed E-state index contributed by atoms with van der Waals surface area (Å²) >= 11 is 0. The smallest absolute Gasteiger partial charge is 0.257 e. The van der Waals surface area contributed by atoms with Crippen LogP contribution in [0.3, 0.4) is 0 Å². The second-order valence-corrected chi connectivity index (χ2v) is 11.7. The predicted octanol–water partition coefficient (Wildman–Crippen LogP) is 4.84. The molecule has 0 radical (unpaired) electrons. The van der Waals surface area contributed by atoms with Crippen LogP contribution in [0.2, 0.25) is 0 Å². The summed E-state index contributed by atoms with van der Waals surface area (Å²) < 4.78 is 23.3. The second kappa shape index (κ2) is 10.8. The fraction of sp³-hybridized carbons (Fsp3) is 0.233. The van der Waals surface area contributed by atoms with E-state index in [9.17, 15) is 18.0 Å². The molecule has 1 saturated heterocycles. The van der Waals surface area contributed by atoms with Gasteiger partial charge in [-0.05, 0) is 66.3 Å². The Kier molecular flexibility index (Phi) is 7.24. The number of nitrogens with one attached hydrogen (secondary N) is 1. The quantitative estimate of drug-likeness (QED) is 0.387. The molecule has 0 bridgehead atoms. The highest BCUT2D eigenvalue weighted by Crippen LogP contribution is 2.29. The monoisotopic (exact) mass is 527 g/mol. The van der Waals surface area contributed by atoms with Crippen LogP contribution in [0.5, 0.6) is 0 Å². The fourth-order valence-electron chi connectivity index (χ4n) is 4.93. The lowest BCUT2D eigenvalue weighted by Crippen LogP contribution is -2.38. The Hall–Kier alpha value is -4.04. The van der Waals surface area contributed by atoms with E-state index in [1.807, 2.05) is 53.4 Å². The number of para-hydroxylation sites is 1. The van der Waals surface area contributed by atoms with Gasteiger partial charge in [-0.25, -0.2) is 8.42 Å². The number of nitrogens with zero attached hydrogens (tertiary/aromatic N) is 2. The van der Waals surface area contributed by atoms with Crippen molar-refractivity contribution in [3.05, 3.63) is 102 Å². The number of sulfone groups is 1. The van der Waals surface area contributed by atoms with E-state index in [4.69, 9.17) is 0 Å². The first kappa shape index (κ1) is 25.6. The maximum absolute atomic E-state index is 12.9. The van der Waals surface area contributed by atoms with Crippen LogP contribution in [0.25, 0.3) is 10.9 Å². The highest BCUT2D eigenvalue weighted by Gasteiger charge is 2.24. The van der Waals surface area contributed by atoms with Crippen LogP contribution in [0.4, 0.5) is 5.69 Å². The van der Waals surface area contributed by atoms with Gasteiger partial charge in [-0.2, -0.15) is 0 Å². The number of fused-ring (bicyclic) bond motifs is 1. The number of benzene rings is 3. The predicted molar refractivity (Wildman–Crippen MR) is 148 cm³/mol. The molecule has 8 heteroatoms. The van der Waals surface area contributed by atoms with Crippen molar-refractivity contribution in [3.63, 3.8) is 0 Å². The lowest BCUT2D eigenvalue weighted by molar-refractivity contribution is -0.131. The highest BCUT2D eigenvalue weighted by molar-refractivity contribution is 7.90. The summed E-state index contributed by atoms with van der Waals surface area (Å²) in [6.45, 7) is 1.36. The Balaban J connectivity index is 1.15. The summed E-state index contributed by atoms with van der Waals surface area (Å²) in [5.41, 5.74) is 3.94. The molecule has 3 aromatic carbocycles. The molecule has 194 valence electrons. The van der Waals surface area contributed by atoms with Crippen molar-refractivity contribution in [2.24, 2.45) is 0 Å². The summed E-state index contributed by atoms with van der Waals surface area (Å²) in [6, 6.07) is 23.8. The number of amides is 2. The average molecular weight is 528 g/mol. The number of carbonyl (C=O) groups is 2. The Bertz CT molecular complexity index is 1570. The number of aromatic nitrogens is 1. The largest absolute Gasteiger partial charge is 0.342 e. The van der Waals surface area contributed by atoms with Crippen molar-refractivity contribution in [1.82, 2.24) is 9.88 Å². The molecule has 0 atom stereocenters. The minimum Gasteiger partial charge on any atom is -0.342 e. The SMILES string of the molecule is CS(=O)(=O)c1ccc(CC(=O)N2CCC(c3ccc(NC(=O)c4cccc5cccnc45)cc3)CC2)cc1. The molecule has 1 aliphatic heterocycles. The molecule has 0 aliphatic carbocycles. The number of rotatable bonds is 6. The normalized spacial score (nSPS) is 14.4. The van der Waals surface area contributed by atoms with E-state index >= 15 is 0 Å². The standard InChI is InChI=1S/C30H29N3O4S/c1-38(36,37)26-13-7-21(8-14-26)20-28(34)33-18-15-23(16-19-33)22-9-11-25(12-10-22)32-30(35)27-6-2-4-24-5-3-17-31-29(24)27/h2-14,17,23H,15-16,18-20H2,1H3,(H,32,35). The van der Waals surface area contributed by atoms with Crippen LogP contribution in [-0.4, -0.2) is 49.5 Å². The molecule has 0 unspecified atom stereocenters. The first-order valence-corrected chi connectivity index (χ1v) is 14.5. The van der Waals surface area contributed by atoms with Crippen LogP contribution in [0.1, 0.15) is 40.2 Å². The minimum atomic E-state index is -3.25. The molecule has 2 heterocycles.